The van der Waals surface area contributed by atoms with Crippen LogP contribution in [-0.2, 0) is 4.79 Å². The van der Waals surface area contributed by atoms with Crippen LogP contribution in [0.5, 0.6) is 0 Å². The zero-order valence-corrected chi connectivity index (χ0v) is 12.5. The molecular weight excluding hydrogens is 278 g/mol. The van der Waals surface area contributed by atoms with Crippen LogP contribution in [0.15, 0.2) is 24.8 Å². The summed E-state index contributed by atoms with van der Waals surface area (Å²) in [5.41, 5.74) is 0.846. The number of fused-ring (bicyclic) bond motifs is 1. The van der Waals surface area contributed by atoms with Crippen molar-refractivity contribution in [3.05, 3.63) is 24.8 Å². The van der Waals surface area contributed by atoms with E-state index in [1.54, 1.807) is 18.7 Å². The number of rotatable bonds is 2. The normalized spacial score (nSPS) is 19.3. The maximum absolute atomic E-state index is 12.5. The summed E-state index contributed by atoms with van der Waals surface area (Å²) in [6.45, 7) is 3.36. The Balaban J connectivity index is 1.47. The molecule has 2 fully saturated rings. The van der Waals surface area contributed by atoms with E-state index in [1.165, 1.54) is 6.42 Å². The average Bonchev–Trinajstić information content (AvgIpc) is 2.54. The molecule has 2 aromatic heterocycles. The van der Waals surface area contributed by atoms with Crippen molar-refractivity contribution in [1.29, 1.82) is 0 Å². The molecular formula is C16H19N5O. The second-order valence-corrected chi connectivity index (χ2v) is 6.08. The molecule has 0 atom stereocenters. The molecule has 6 nitrogen and oxygen atoms in total. The highest BCUT2D eigenvalue weighted by Gasteiger charge is 2.36. The summed E-state index contributed by atoms with van der Waals surface area (Å²) in [5, 5.41) is 1.00. The Labute approximate surface area is 129 Å². The van der Waals surface area contributed by atoms with Gasteiger partial charge in [0.25, 0.3) is 0 Å². The Morgan fingerprint density at radius 2 is 1.95 bits per heavy atom. The van der Waals surface area contributed by atoms with Gasteiger partial charge in [-0.1, -0.05) is 0 Å². The molecule has 1 amide bonds. The van der Waals surface area contributed by atoms with Crippen molar-refractivity contribution >= 4 is 22.6 Å². The van der Waals surface area contributed by atoms with Gasteiger partial charge in [-0.3, -0.25) is 9.78 Å². The lowest BCUT2D eigenvalue weighted by Gasteiger charge is -2.42. The smallest absolute Gasteiger partial charge is 0.229 e. The van der Waals surface area contributed by atoms with Gasteiger partial charge in [0, 0.05) is 37.8 Å². The predicted octanol–water partition coefficient (Wildman–Crippen LogP) is 1.47. The molecule has 2 saturated heterocycles. The van der Waals surface area contributed by atoms with Crippen LogP contribution in [0.3, 0.4) is 0 Å². The van der Waals surface area contributed by atoms with E-state index in [4.69, 9.17) is 0 Å². The van der Waals surface area contributed by atoms with Crippen LogP contribution in [0.25, 0.3) is 10.9 Å². The van der Waals surface area contributed by atoms with Gasteiger partial charge in [0.2, 0.25) is 5.91 Å². The van der Waals surface area contributed by atoms with E-state index in [0.29, 0.717) is 5.91 Å². The van der Waals surface area contributed by atoms with Crippen molar-refractivity contribution in [2.45, 2.75) is 19.3 Å². The van der Waals surface area contributed by atoms with Crippen molar-refractivity contribution < 1.29 is 4.79 Å². The Bertz CT molecular complexity index is 687. The molecule has 114 valence electrons. The van der Waals surface area contributed by atoms with Crippen LogP contribution in [-0.4, -0.2) is 51.9 Å². The van der Waals surface area contributed by atoms with Gasteiger partial charge in [-0.2, -0.15) is 0 Å². The molecule has 0 bridgehead atoms. The Morgan fingerprint density at radius 1 is 1.14 bits per heavy atom. The molecule has 2 aromatic rings. The van der Waals surface area contributed by atoms with Gasteiger partial charge < -0.3 is 9.80 Å². The molecule has 2 aliphatic rings. The number of carbonyl (C=O) groups excluding carboxylic acids is 1. The van der Waals surface area contributed by atoms with Crippen molar-refractivity contribution in [3.8, 4) is 0 Å². The minimum absolute atomic E-state index is 0.116. The van der Waals surface area contributed by atoms with E-state index in [9.17, 15) is 4.79 Å². The minimum atomic E-state index is 0.116. The number of likely N-dealkylation sites (tertiary alicyclic amines) is 1. The average molecular weight is 297 g/mol. The largest absolute Gasteiger partial charge is 0.354 e. The fourth-order valence-corrected chi connectivity index (χ4v) is 3.33. The Kier molecular flexibility index (Phi) is 3.36. The molecule has 4 heterocycles. The van der Waals surface area contributed by atoms with Crippen molar-refractivity contribution in [2.75, 3.05) is 31.1 Å². The summed E-state index contributed by atoms with van der Waals surface area (Å²) in [4.78, 5) is 29.4. The van der Waals surface area contributed by atoms with Crippen molar-refractivity contribution in [2.24, 2.45) is 5.92 Å². The molecule has 0 spiro atoms. The number of carbonyl (C=O) groups is 1. The summed E-state index contributed by atoms with van der Waals surface area (Å²) >= 11 is 0. The minimum Gasteiger partial charge on any atom is -0.354 e. The SMILES string of the molecule is O=C(C1CN(c2ncnc3cnccc23)C1)N1CCCCC1. The van der Waals surface area contributed by atoms with Crippen molar-refractivity contribution in [3.63, 3.8) is 0 Å². The first-order valence-corrected chi connectivity index (χ1v) is 7.91. The van der Waals surface area contributed by atoms with E-state index in [2.05, 4.69) is 19.9 Å². The molecule has 22 heavy (non-hydrogen) atoms. The third kappa shape index (κ3) is 2.28. The van der Waals surface area contributed by atoms with Crippen molar-refractivity contribution in [1.82, 2.24) is 19.9 Å². The summed E-state index contributed by atoms with van der Waals surface area (Å²) in [6, 6.07) is 1.93. The van der Waals surface area contributed by atoms with E-state index in [0.717, 1.165) is 55.7 Å². The summed E-state index contributed by atoms with van der Waals surface area (Å²) in [5.74, 6) is 1.34. The molecule has 0 unspecified atom stereocenters. The number of anilines is 1. The van der Waals surface area contributed by atoms with Crippen LogP contribution >= 0.6 is 0 Å². The zero-order valence-electron chi connectivity index (χ0n) is 12.5. The van der Waals surface area contributed by atoms with Gasteiger partial charge in [-0.05, 0) is 25.3 Å². The Morgan fingerprint density at radius 3 is 2.77 bits per heavy atom. The summed E-state index contributed by atoms with van der Waals surface area (Å²) < 4.78 is 0. The lowest BCUT2D eigenvalue weighted by molar-refractivity contribution is -0.137. The fourth-order valence-electron chi connectivity index (χ4n) is 3.33. The molecule has 2 aliphatic heterocycles. The second-order valence-electron chi connectivity index (χ2n) is 6.08. The number of hydrogen-bond donors (Lipinski definition) is 0. The lowest BCUT2D eigenvalue weighted by Crippen LogP contribution is -2.55. The van der Waals surface area contributed by atoms with Crippen LogP contribution in [0.1, 0.15) is 19.3 Å². The van der Waals surface area contributed by atoms with Crippen LogP contribution in [0.2, 0.25) is 0 Å². The third-order valence-electron chi connectivity index (χ3n) is 4.62. The molecule has 0 saturated carbocycles. The number of nitrogens with zero attached hydrogens (tertiary/aromatic N) is 5. The first kappa shape index (κ1) is 13.4. The highest BCUT2D eigenvalue weighted by Crippen LogP contribution is 2.29. The van der Waals surface area contributed by atoms with Crippen LogP contribution in [0, 0.1) is 5.92 Å². The molecule has 0 aromatic carbocycles. The van der Waals surface area contributed by atoms with E-state index >= 15 is 0 Å². The number of hydrogen-bond acceptors (Lipinski definition) is 5. The van der Waals surface area contributed by atoms with Gasteiger partial charge in [0.15, 0.2) is 0 Å². The molecule has 4 rings (SSSR count). The number of piperidine rings is 1. The lowest BCUT2D eigenvalue weighted by atomic mass is 9.96. The van der Waals surface area contributed by atoms with E-state index in [-0.39, 0.29) is 5.92 Å². The Hall–Kier alpha value is -2.24. The topological polar surface area (TPSA) is 62.2 Å². The quantitative estimate of drug-likeness (QED) is 0.840. The van der Waals surface area contributed by atoms with Crippen LogP contribution in [0.4, 0.5) is 5.82 Å². The number of aromatic nitrogens is 3. The predicted molar refractivity (Wildman–Crippen MR) is 83.5 cm³/mol. The maximum Gasteiger partial charge on any atom is 0.229 e. The molecule has 0 N–H and O–H groups in total. The van der Waals surface area contributed by atoms with Gasteiger partial charge in [0.05, 0.1) is 17.6 Å². The van der Waals surface area contributed by atoms with Gasteiger partial charge in [-0.25, -0.2) is 9.97 Å². The third-order valence-corrected chi connectivity index (χ3v) is 4.62. The van der Waals surface area contributed by atoms with E-state index < -0.39 is 0 Å². The highest BCUT2D eigenvalue weighted by molar-refractivity contribution is 5.90. The molecule has 0 aliphatic carbocycles. The number of pyridine rings is 1. The highest BCUT2D eigenvalue weighted by atomic mass is 16.2. The standard InChI is InChI=1S/C16H19N5O/c22-16(20-6-2-1-3-7-20)12-9-21(10-12)15-13-4-5-17-8-14(13)18-11-19-15/h4-5,8,11-12H,1-3,6-7,9-10H2. The monoisotopic (exact) mass is 297 g/mol. The first-order chi connectivity index (χ1) is 10.8. The summed E-state index contributed by atoms with van der Waals surface area (Å²) in [6.07, 6.45) is 8.61. The zero-order chi connectivity index (χ0) is 14.9. The van der Waals surface area contributed by atoms with Gasteiger partial charge >= 0.3 is 0 Å². The van der Waals surface area contributed by atoms with Gasteiger partial charge in [-0.15, -0.1) is 0 Å². The van der Waals surface area contributed by atoms with E-state index in [1.807, 2.05) is 11.0 Å². The van der Waals surface area contributed by atoms with Crippen LogP contribution < -0.4 is 4.90 Å². The number of amides is 1. The second kappa shape index (κ2) is 5.51. The molecule has 0 radical (unpaired) electrons. The maximum atomic E-state index is 12.5. The molecule has 6 heteroatoms. The van der Waals surface area contributed by atoms with Gasteiger partial charge in [0.1, 0.15) is 12.1 Å². The summed E-state index contributed by atoms with van der Waals surface area (Å²) in [7, 11) is 0. The first-order valence-electron chi connectivity index (χ1n) is 7.91. The fraction of sp³-hybridized carbons (Fsp3) is 0.500.